The summed E-state index contributed by atoms with van der Waals surface area (Å²) in [6.45, 7) is 3.54. The predicted octanol–water partition coefficient (Wildman–Crippen LogP) is 1.93. The Kier molecular flexibility index (Phi) is 2.42. The lowest BCUT2D eigenvalue weighted by molar-refractivity contribution is 0.497. The SMILES string of the molecule is CC(CN)C1CNc2c(F)cccc21. The van der Waals surface area contributed by atoms with Gasteiger partial charge in [0.25, 0.3) is 0 Å². The number of fused-ring (bicyclic) bond motifs is 1. The van der Waals surface area contributed by atoms with Crippen LogP contribution in [0, 0.1) is 11.7 Å². The van der Waals surface area contributed by atoms with Crippen molar-refractivity contribution in [3.05, 3.63) is 29.6 Å². The van der Waals surface area contributed by atoms with Crippen molar-refractivity contribution in [2.75, 3.05) is 18.4 Å². The molecule has 0 amide bonds. The van der Waals surface area contributed by atoms with E-state index < -0.39 is 0 Å². The summed E-state index contributed by atoms with van der Waals surface area (Å²) in [5, 5.41) is 3.10. The molecule has 14 heavy (non-hydrogen) atoms. The monoisotopic (exact) mass is 194 g/mol. The van der Waals surface area contributed by atoms with Crippen molar-refractivity contribution in [1.29, 1.82) is 0 Å². The Labute approximate surface area is 83.3 Å². The molecule has 0 aliphatic carbocycles. The van der Waals surface area contributed by atoms with Crippen LogP contribution in [0.1, 0.15) is 18.4 Å². The van der Waals surface area contributed by atoms with E-state index in [0.29, 0.717) is 24.1 Å². The van der Waals surface area contributed by atoms with Gasteiger partial charge in [-0.25, -0.2) is 4.39 Å². The molecule has 1 aliphatic heterocycles. The van der Waals surface area contributed by atoms with Crippen molar-refractivity contribution in [3.63, 3.8) is 0 Å². The average Bonchev–Trinajstić information content (AvgIpc) is 2.62. The zero-order valence-electron chi connectivity index (χ0n) is 8.26. The molecule has 0 bridgehead atoms. The zero-order chi connectivity index (χ0) is 10.1. The fourth-order valence-electron chi connectivity index (χ4n) is 2.03. The number of hydrogen-bond acceptors (Lipinski definition) is 2. The lowest BCUT2D eigenvalue weighted by Gasteiger charge is -2.16. The van der Waals surface area contributed by atoms with Gasteiger partial charge in [-0.15, -0.1) is 0 Å². The fraction of sp³-hybridized carbons (Fsp3) is 0.455. The third kappa shape index (κ3) is 1.38. The first-order chi connectivity index (χ1) is 6.74. The summed E-state index contributed by atoms with van der Waals surface area (Å²) < 4.78 is 13.3. The van der Waals surface area contributed by atoms with Crippen LogP contribution in [-0.4, -0.2) is 13.1 Å². The van der Waals surface area contributed by atoms with E-state index in [1.54, 1.807) is 6.07 Å². The topological polar surface area (TPSA) is 38.0 Å². The van der Waals surface area contributed by atoms with Crippen molar-refractivity contribution >= 4 is 5.69 Å². The van der Waals surface area contributed by atoms with Gasteiger partial charge in [0.2, 0.25) is 0 Å². The molecule has 3 heteroatoms. The molecule has 1 aliphatic rings. The Balaban J connectivity index is 2.35. The molecule has 2 unspecified atom stereocenters. The highest BCUT2D eigenvalue weighted by Gasteiger charge is 2.27. The maximum absolute atomic E-state index is 13.3. The van der Waals surface area contributed by atoms with Gasteiger partial charge in [-0.3, -0.25) is 0 Å². The molecule has 0 saturated carbocycles. The Morgan fingerprint density at radius 3 is 3.14 bits per heavy atom. The summed E-state index contributed by atoms with van der Waals surface area (Å²) in [6, 6.07) is 5.23. The van der Waals surface area contributed by atoms with Crippen molar-refractivity contribution in [3.8, 4) is 0 Å². The first-order valence-corrected chi connectivity index (χ1v) is 4.96. The van der Waals surface area contributed by atoms with Gasteiger partial charge in [0.15, 0.2) is 0 Å². The Morgan fingerprint density at radius 2 is 2.43 bits per heavy atom. The quantitative estimate of drug-likeness (QED) is 0.755. The molecule has 0 spiro atoms. The number of halogens is 1. The molecule has 2 atom stereocenters. The van der Waals surface area contributed by atoms with Gasteiger partial charge in [-0.2, -0.15) is 0 Å². The first-order valence-electron chi connectivity index (χ1n) is 4.96. The summed E-state index contributed by atoms with van der Waals surface area (Å²) in [5.41, 5.74) is 7.36. The largest absolute Gasteiger partial charge is 0.382 e. The summed E-state index contributed by atoms with van der Waals surface area (Å²) >= 11 is 0. The number of para-hydroxylation sites is 1. The van der Waals surface area contributed by atoms with E-state index in [1.165, 1.54) is 6.07 Å². The minimum absolute atomic E-state index is 0.158. The van der Waals surface area contributed by atoms with Gasteiger partial charge in [-0.05, 0) is 24.1 Å². The van der Waals surface area contributed by atoms with Crippen LogP contribution in [0.2, 0.25) is 0 Å². The molecule has 2 rings (SSSR count). The van der Waals surface area contributed by atoms with Crippen molar-refractivity contribution < 1.29 is 4.39 Å². The van der Waals surface area contributed by atoms with Crippen LogP contribution in [0.3, 0.4) is 0 Å². The van der Waals surface area contributed by atoms with Gasteiger partial charge in [-0.1, -0.05) is 19.1 Å². The van der Waals surface area contributed by atoms with Gasteiger partial charge in [0, 0.05) is 12.5 Å². The van der Waals surface area contributed by atoms with Crippen molar-refractivity contribution in [2.24, 2.45) is 11.7 Å². The Bertz CT molecular complexity index is 338. The molecule has 3 N–H and O–H groups in total. The van der Waals surface area contributed by atoms with Gasteiger partial charge < -0.3 is 11.1 Å². The number of nitrogens with two attached hydrogens (primary N) is 1. The van der Waals surface area contributed by atoms with Crippen LogP contribution in [0.15, 0.2) is 18.2 Å². The molecule has 0 radical (unpaired) electrons. The maximum atomic E-state index is 13.3. The second kappa shape index (κ2) is 3.58. The van der Waals surface area contributed by atoms with Gasteiger partial charge in [0.1, 0.15) is 5.82 Å². The lowest BCUT2D eigenvalue weighted by Crippen LogP contribution is -2.20. The second-order valence-corrected chi connectivity index (χ2v) is 3.90. The number of anilines is 1. The molecular weight excluding hydrogens is 179 g/mol. The lowest BCUT2D eigenvalue weighted by atomic mass is 9.89. The average molecular weight is 194 g/mol. The molecule has 1 aromatic rings. The van der Waals surface area contributed by atoms with Crippen LogP contribution >= 0.6 is 0 Å². The molecule has 1 heterocycles. The molecule has 0 saturated heterocycles. The summed E-state index contributed by atoms with van der Waals surface area (Å²) in [5.74, 6) is 0.588. The van der Waals surface area contributed by atoms with E-state index in [2.05, 4.69) is 12.2 Å². The number of rotatable bonds is 2. The van der Waals surface area contributed by atoms with E-state index in [0.717, 1.165) is 12.1 Å². The normalized spacial score (nSPS) is 21.5. The predicted molar refractivity (Wildman–Crippen MR) is 55.8 cm³/mol. The fourth-order valence-corrected chi connectivity index (χ4v) is 2.03. The first kappa shape index (κ1) is 9.46. The summed E-state index contributed by atoms with van der Waals surface area (Å²) in [4.78, 5) is 0. The Morgan fingerprint density at radius 1 is 1.64 bits per heavy atom. The second-order valence-electron chi connectivity index (χ2n) is 3.90. The number of hydrogen-bond donors (Lipinski definition) is 2. The molecular formula is C11H15FN2. The smallest absolute Gasteiger partial charge is 0.146 e. The molecule has 0 aromatic heterocycles. The van der Waals surface area contributed by atoms with Crippen LogP contribution in [0.25, 0.3) is 0 Å². The molecule has 76 valence electrons. The summed E-state index contributed by atoms with van der Waals surface area (Å²) in [7, 11) is 0. The number of benzene rings is 1. The van der Waals surface area contributed by atoms with E-state index in [1.807, 2.05) is 6.07 Å². The third-order valence-corrected chi connectivity index (χ3v) is 3.00. The molecule has 1 aromatic carbocycles. The van der Waals surface area contributed by atoms with Crippen molar-refractivity contribution in [2.45, 2.75) is 12.8 Å². The highest BCUT2D eigenvalue weighted by Crippen LogP contribution is 2.37. The minimum atomic E-state index is -0.158. The van der Waals surface area contributed by atoms with Crippen LogP contribution in [0.4, 0.5) is 10.1 Å². The van der Waals surface area contributed by atoms with Crippen molar-refractivity contribution in [1.82, 2.24) is 0 Å². The summed E-state index contributed by atoms with van der Waals surface area (Å²) in [6.07, 6.45) is 0. The molecule has 2 nitrogen and oxygen atoms in total. The van der Waals surface area contributed by atoms with Crippen LogP contribution < -0.4 is 11.1 Å². The third-order valence-electron chi connectivity index (χ3n) is 3.00. The highest BCUT2D eigenvalue weighted by molar-refractivity contribution is 5.58. The van der Waals surface area contributed by atoms with E-state index in [-0.39, 0.29) is 5.82 Å². The minimum Gasteiger partial charge on any atom is -0.382 e. The maximum Gasteiger partial charge on any atom is 0.146 e. The van der Waals surface area contributed by atoms with Gasteiger partial charge >= 0.3 is 0 Å². The van der Waals surface area contributed by atoms with E-state index in [9.17, 15) is 4.39 Å². The van der Waals surface area contributed by atoms with Gasteiger partial charge in [0.05, 0.1) is 5.69 Å². The zero-order valence-corrected chi connectivity index (χ0v) is 8.26. The number of nitrogens with one attached hydrogen (secondary N) is 1. The van der Waals surface area contributed by atoms with E-state index in [4.69, 9.17) is 5.73 Å². The van der Waals surface area contributed by atoms with Crippen LogP contribution in [0.5, 0.6) is 0 Å². The highest BCUT2D eigenvalue weighted by atomic mass is 19.1. The Hall–Kier alpha value is -1.09. The standard InChI is InChI=1S/C11H15FN2/c1-7(5-13)9-6-14-11-8(9)3-2-4-10(11)12/h2-4,7,9,14H,5-6,13H2,1H3. The van der Waals surface area contributed by atoms with E-state index >= 15 is 0 Å². The molecule has 0 fully saturated rings. The van der Waals surface area contributed by atoms with Crippen LogP contribution in [-0.2, 0) is 0 Å².